The Morgan fingerprint density at radius 1 is 1.35 bits per heavy atom. The van der Waals surface area contributed by atoms with E-state index in [1.807, 2.05) is 6.07 Å². The van der Waals surface area contributed by atoms with E-state index in [0.717, 1.165) is 29.6 Å². The van der Waals surface area contributed by atoms with Gasteiger partial charge in [-0.05, 0) is 46.5 Å². The van der Waals surface area contributed by atoms with Crippen LogP contribution in [0.5, 0.6) is 5.75 Å². The van der Waals surface area contributed by atoms with Crippen molar-refractivity contribution in [2.75, 3.05) is 14.2 Å². The first-order valence-corrected chi connectivity index (χ1v) is 6.61. The van der Waals surface area contributed by atoms with Crippen LogP contribution in [0, 0.1) is 0 Å². The van der Waals surface area contributed by atoms with Crippen LogP contribution in [0.3, 0.4) is 0 Å². The quantitative estimate of drug-likeness (QED) is 0.907. The number of methoxy groups -OCH3 is 2. The molecule has 0 unspecified atom stereocenters. The summed E-state index contributed by atoms with van der Waals surface area (Å²) in [5, 5.41) is 3.52. The maximum atomic E-state index is 5.25. The molecule has 3 nitrogen and oxygen atoms in total. The second-order valence-corrected chi connectivity index (χ2v) is 5.23. The highest BCUT2D eigenvalue weighted by molar-refractivity contribution is 9.10. The van der Waals surface area contributed by atoms with Crippen LogP contribution in [-0.4, -0.2) is 26.4 Å². The van der Waals surface area contributed by atoms with Crippen molar-refractivity contribution in [2.24, 2.45) is 0 Å². The molecule has 1 aromatic rings. The maximum absolute atomic E-state index is 5.25. The lowest BCUT2D eigenvalue weighted by atomic mass is 9.89. The van der Waals surface area contributed by atoms with E-state index in [1.165, 1.54) is 5.56 Å². The average Bonchev–Trinajstić information content (AvgIpc) is 2.27. The highest BCUT2D eigenvalue weighted by Gasteiger charge is 2.28. The molecule has 0 spiro atoms. The highest BCUT2D eigenvalue weighted by atomic mass is 79.9. The van der Waals surface area contributed by atoms with Gasteiger partial charge in [-0.25, -0.2) is 0 Å². The second-order valence-electron chi connectivity index (χ2n) is 4.38. The minimum absolute atomic E-state index is 0.454. The molecule has 0 atom stereocenters. The van der Waals surface area contributed by atoms with E-state index < -0.39 is 0 Å². The predicted octanol–water partition coefficient (Wildman–Crippen LogP) is 2.72. The molecule has 1 aliphatic carbocycles. The zero-order chi connectivity index (χ0) is 12.3. The first-order valence-electron chi connectivity index (χ1n) is 5.81. The van der Waals surface area contributed by atoms with Gasteiger partial charge in [0.1, 0.15) is 5.75 Å². The standard InChI is InChI=1S/C13H18BrNO2/c1-16-11-6-10(7-11)15-8-9-3-4-13(17-2)12(14)5-9/h3-5,10-11,15H,6-8H2,1-2H3. The third-order valence-corrected chi connectivity index (χ3v) is 3.86. The van der Waals surface area contributed by atoms with Gasteiger partial charge in [-0.15, -0.1) is 0 Å². The van der Waals surface area contributed by atoms with Crippen LogP contribution in [0.15, 0.2) is 22.7 Å². The van der Waals surface area contributed by atoms with Crippen LogP contribution in [-0.2, 0) is 11.3 Å². The minimum atomic E-state index is 0.454. The monoisotopic (exact) mass is 299 g/mol. The molecule has 1 aliphatic rings. The van der Waals surface area contributed by atoms with Crippen molar-refractivity contribution in [1.29, 1.82) is 0 Å². The molecular weight excluding hydrogens is 282 g/mol. The van der Waals surface area contributed by atoms with Gasteiger partial charge in [-0.1, -0.05) is 6.07 Å². The Labute approximate surface area is 111 Å². The van der Waals surface area contributed by atoms with Gasteiger partial charge >= 0.3 is 0 Å². The molecule has 17 heavy (non-hydrogen) atoms. The third-order valence-electron chi connectivity index (χ3n) is 3.24. The molecule has 4 heteroatoms. The van der Waals surface area contributed by atoms with Crippen LogP contribution >= 0.6 is 15.9 Å². The van der Waals surface area contributed by atoms with E-state index >= 15 is 0 Å². The van der Waals surface area contributed by atoms with Gasteiger partial charge in [0.05, 0.1) is 17.7 Å². The summed E-state index contributed by atoms with van der Waals surface area (Å²) in [5.41, 5.74) is 1.26. The lowest BCUT2D eigenvalue weighted by Crippen LogP contribution is -2.44. The molecule has 0 bridgehead atoms. The molecule has 94 valence electrons. The first kappa shape index (κ1) is 12.9. The fourth-order valence-corrected chi connectivity index (χ4v) is 2.59. The third kappa shape index (κ3) is 3.21. The number of ether oxygens (including phenoxy) is 2. The maximum Gasteiger partial charge on any atom is 0.133 e. The van der Waals surface area contributed by atoms with Gasteiger partial charge in [-0.2, -0.15) is 0 Å². The van der Waals surface area contributed by atoms with Gasteiger partial charge in [0, 0.05) is 19.7 Å². The Balaban J connectivity index is 1.81. The largest absolute Gasteiger partial charge is 0.496 e. The summed E-state index contributed by atoms with van der Waals surface area (Å²) in [4.78, 5) is 0. The Kier molecular flexibility index (Phi) is 4.42. The van der Waals surface area contributed by atoms with Crippen molar-refractivity contribution in [3.8, 4) is 5.75 Å². The van der Waals surface area contributed by atoms with E-state index in [2.05, 4.69) is 33.4 Å². The molecule has 1 saturated carbocycles. The van der Waals surface area contributed by atoms with E-state index in [9.17, 15) is 0 Å². The zero-order valence-corrected chi connectivity index (χ0v) is 11.8. The minimum Gasteiger partial charge on any atom is -0.496 e. The number of hydrogen-bond acceptors (Lipinski definition) is 3. The summed E-state index contributed by atoms with van der Waals surface area (Å²) in [7, 11) is 3.46. The Morgan fingerprint density at radius 2 is 2.12 bits per heavy atom. The molecule has 2 rings (SSSR count). The number of hydrogen-bond donors (Lipinski definition) is 1. The number of rotatable bonds is 5. The van der Waals surface area contributed by atoms with Gasteiger partial charge < -0.3 is 14.8 Å². The van der Waals surface area contributed by atoms with Gasteiger partial charge in [0.2, 0.25) is 0 Å². The molecule has 0 radical (unpaired) electrons. The number of nitrogens with one attached hydrogen (secondary N) is 1. The summed E-state index contributed by atoms with van der Waals surface area (Å²) in [6.07, 6.45) is 2.69. The molecule has 0 amide bonds. The fourth-order valence-electron chi connectivity index (χ4n) is 2.01. The van der Waals surface area contributed by atoms with Crippen LogP contribution in [0.25, 0.3) is 0 Å². The van der Waals surface area contributed by atoms with Crippen LogP contribution in [0.4, 0.5) is 0 Å². The van der Waals surface area contributed by atoms with Gasteiger partial charge in [0.15, 0.2) is 0 Å². The molecular formula is C13H18BrNO2. The first-order chi connectivity index (χ1) is 8.22. The fraction of sp³-hybridized carbons (Fsp3) is 0.538. The number of halogens is 1. The van der Waals surface area contributed by atoms with E-state index in [-0.39, 0.29) is 0 Å². The Bertz CT molecular complexity index is 378. The molecule has 1 aromatic carbocycles. The molecule has 0 aliphatic heterocycles. The normalized spacial score (nSPS) is 23.2. The lowest BCUT2D eigenvalue weighted by Gasteiger charge is -2.34. The van der Waals surface area contributed by atoms with E-state index in [4.69, 9.17) is 9.47 Å². The summed E-state index contributed by atoms with van der Waals surface area (Å²) >= 11 is 3.49. The van der Waals surface area contributed by atoms with Crippen LogP contribution < -0.4 is 10.1 Å². The average molecular weight is 300 g/mol. The smallest absolute Gasteiger partial charge is 0.133 e. The lowest BCUT2D eigenvalue weighted by molar-refractivity contribution is 0.0170. The summed E-state index contributed by atoms with van der Waals surface area (Å²) in [6, 6.07) is 6.77. The molecule has 1 N–H and O–H groups in total. The van der Waals surface area contributed by atoms with Crippen molar-refractivity contribution in [2.45, 2.75) is 31.5 Å². The number of benzene rings is 1. The van der Waals surface area contributed by atoms with Crippen LogP contribution in [0.2, 0.25) is 0 Å². The SMILES string of the molecule is COc1ccc(CNC2CC(OC)C2)cc1Br. The topological polar surface area (TPSA) is 30.5 Å². The summed E-state index contributed by atoms with van der Waals surface area (Å²) in [5.74, 6) is 0.872. The Morgan fingerprint density at radius 3 is 2.71 bits per heavy atom. The van der Waals surface area contributed by atoms with Crippen molar-refractivity contribution in [1.82, 2.24) is 5.32 Å². The van der Waals surface area contributed by atoms with Crippen molar-refractivity contribution >= 4 is 15.9 Å². The van der Waals surface area contributed by atoms with Crippen molar-refractivity contribution < 1.29 is 9.47 Å². The Hall–Kier alpha value is -0.580. The summed E-state index contributed by atoms with van der Waals surface area (Å²) in [6.45, 7) is 0.893. The highest BCUT2D eigenvalue weighted by Crippen LogP contribution is 2.26. The molecule has 0 aromatic heterocycles. The van der Waals surface area contributed by atoms with Crippen molar-refractivity contribution in [3.63, 3.8) is 0 Å². The van der Waals surface area contributed by atoms with Crippen LogP contribution in [0.1, 0.15) is 18.4 Å². The van der Waals surface area contributed by atoms with E-state index in [0.29, 0.717) is 12.1 Å². The molecule has 0 saturated heterocycles. The molecule has 0 heterocycles. The van der Waals surface area contributed by atoms with E-state index in [1.54, 1.807) is 14.2 Å². The van der Waals surface area contributed by atoms with Crippen molar-refractivity contribution in [3.05, 3.63) is 28.2 Å². The second kappa shape index (κ2) is 5.85. The van der Waals surface area contributed by atoms with Gasteiger partial charge in [0.25, 0.3) is 0 Å². The molecule has 1 fully saturated rings. The van der Waals surface area contributed by atoms with Gasteiger partial charge in [-0.3, -0.25) is 0 Å². The predicted molar refractivity (Wildman–Crippen MR) is 71.4 cm³/mol. The zero-order valence-electron chi connectivity index (χ0n) is 10.2. The summed E-state index contributed by atoms with van der Waals surface area (Å²) < 4.78 is 11.5.